The Balaban J connectivity index is 1.64. The van der Waals surface area contributed by atoms with Crippen LogP contribution in [0.25, 0.3) is 0 Å². The minimum absolute atomic E-state index is 0.405. The second kappa shape index (κ2) is 3.09. The molecule has 0 aliphatic heterocycles. The van der Waals surface area contributed by atoms with E-state index in [2.05, 4.69) is 30.3 Å². The minimum atomic E-state index is 0.405. The summed E-state index contributed by atoms with van der Waals surface area (Å²) in [6, 6.07) is 10.8. The molecule has 0 amide bonds. The lowest BCUT2D eigenvalue weighted by molar-refractivity contribution is 0.266. The maximum atomic E-state index is 9.01. The molecule has 0 bridgehead atoms. The van der Waals surface area contributed by atoms with Crippen molar-refractivity contribution in [3.63, 3.8) is 0 Å². The predicted octanol–water partition coefficient (Wildman–Crippen LogP) is 2.42. The summed E-state index contributed by atoms with van der Waals surface area (Å²) >= 11 is 0. The Morgan fingerprint density at radius 2 is 1.86 bits per heavy atom. The third-order valence-electron chi connectivity index (χ3n) is 3.83. The SMILES string of the molecule is OC[C@@H]1C[C@H]1[C@H]1C[C@H]1c1ccccc1. The van der Waals surface area contributed by atoms with E-state index in [-0.39, 0.29) is 0 Å². The molecule has 14 heavy (non-hydrogen) atoms. The molecule has 1 N–H and O–H groups in total. The van der Waals surface area contributed by atoms with Crippen molar-refractivity contribution >= 4 is 0 Å². The summed E-state index contributed by atoms with van der Waals surface area (Å²) in [6.45, 7) is 0.405. The Kier molecular flexibility index (Phi) is 1.88. The fraction of sp³-hybridized carbons (Fsp3) is 0.538. The first-order valence-electron chi connectivity index (χ1n) is 5.56. The Bertz CT molecular complexity index is 319. The Morgan fingerprint density at radius 3 is 2.50 bits per heavy atom. The summed E-state index contributed by atoms with van der Waals surface area (Å²) in [4.78, 5) is 0. The van der Waals surface area contributed by atoms with Crippen LogP contribution in [0, 0.1) is 17.8 Å². The van der Waals surface area contributed by atoms with Gasteiger partial charge in [-0.1, -0.05) is 30.3 Å². The van der Waals surface area contributed by atoms with Crippen molar-refractivity contribution in [2.45, 2.75) is 18.8 Å². The molecule has 0 aromatic heterocycles. The van der Waals surface area contributed by atoms with Gasteiger partial charge in [-0.05, 0) is 42.1 Å². The number of aliphatic hydroxyl groups excluding tert-OH is 1. The van der Waals surface area contributed by atoms with E-state index in [9.17, 15) is 0 Å². The third kappa shape index (κ3) is 1.36. The average molecular weight is 188 g/mol. The lowest BCUT2D eigenvalue weighted by atomic mass is 10.1. The van der Waals surface area contributed by atoms with Crippen LogP contribution in [0.3, 0.4) is 0 Å². The van der Waals surface area contributed by atoms with E-state index >= 15 is 0 Å². The molecule has 0 spiro atoms. The molecule has 1 heteroatoms. The highest BCUT2D eigenvalue weighted by atomic mass is 16.3. The summed E-state index contributed by atoms with van der Waals surface area (Å²) in [5, 5.41) is 9.01. The second-order valence-electron chi connectivity index (χ2n) is 4.76. The maximum absolute atomic E-state index is 9.01. The first kappa shape index (κ1) is 8.49. The van der Waals surface area contributed by atoms with Crippen LogP contribution in [0.1, 0.15) is 24.3 Å². The summed E-state index contributed by atoms with van der Waals surface area (Å²) in [6.07, 6.45) is 2.62. The molecular weight excluding hydrogens is 172 g/mol. The predicted molar refractivity (Wildman–Crippen MR) is 56.0 cm³/mol. The van der Waals surface area contributed by atoms with E-state index in [1.165, 1.54) is 18.4 Å². The van der Waals surface area contributed by atoms with Gasteiger partial charge in [0.25, 0.3) is 0 Å². The number of hydrogen-bond acceptors (Lipinski definition) is 1. The molecule has 1 aromatic rings. The molecule has 2 saturated carbocycles. The molecule has 0 radical (unpaired) electrons. The van der Waals surface area contributed by atoms with Gasteiger partial charge in [0, 0.05) is 6.61 Å². The number of hydrogen-bond donors (Lipinski definition) is 1. The van der Waals surface area contributed by atoms with Crippen LogP contribution in [-0.4, -0.2) is 11.7 Å². The van der Waals surface area contributed by atoms with Gasteiger partial charge in [-0.15, -0.1) is 0 Å². The monoisotopic (exact) mass is 188 g/mol. The maximum Gasteiger partial charge on any atom is 0.0462 e. The zero-order valence-electron chi connectivity index (χ0n) is 8.26. The van der Waals surface area contributed by atoms with Crippen molar-refractivity contribution in [1.82, 2.24) is 0 Å². The molecule has 2 aliphatic rings. The number of aliphatic hydroxyl groups is 1. The Labute approximate surface area is 84.8 Å². The number of benzene rings is 1. The van der Waals surface area contributed by atoms with Crippen molar-refractivity contribution in [2.24, 2.45) is 17.8 Å². The van der Waals surface area contributed by atoms with Crippen molar-refractivity contribution in [1.29, 1.82) is 0 Å². The second-order valence-corrected chi connectivity index (χ2v) is 4.76. The summed E-state index contributed by atoms with van der Waals surface area (Å²) in [7, 11) is 0. The van der Waals surface area contributed by atoms with Gasteiger partial charge in [-0.2, -0.15) is 0 Å². The van der Waals surface area contributed by atoms with Crippen LogP contribution in [-0.2, 0) is 0 Å². The van der Waals surface area contributed by atoms with Crippen LogP contribution in [0.4, 0.5) is 0 Å². The quantitative estimate of drug-likeness (QED) is 0.772. The van der Waals surface area contributed by atoms with E-state index in [4.69, 9.17) is 5.11 Å². The smallest absolute Gasteiger partial charge is 0.0462 e. The van der Waals surface area contributed by atoms with Crippen LogP contribution in [0.2, 0.25) is 0 Å². The van der Waals surface area contributed by atoms with Gasteiger partial charge in [0.1, 0.15) is 0 Å². The van der Waals surface area contributed by atoms with Crippen molar-refractivity contribution in [3.05, 3.63) is 35.9 Å². The number of rotatable bonds is 3. The highest BCUT2D eigenvalue weighted by molar-refractivity contribution is 5.27. The van der Waals surface area contributed by atoms with E-state index < -0.39 is 0 Å². The average Bonchev–Trinajstić information content (AvgIpc) is 3.12. The molecule has 1 aromatic carbocycles. The van der Waals surface area contributed by atoms with Gasteiger partial charge >= 0.3 is 0 Å². The molecule has 74 valence electrons. The first-order chi connectivity index (χ1) is 6.90. The van der Waals surface area contributed by atoms with Gasteiger partial charge in [0.05, 0.1) is 0 Å². The van der Waals surface area contributed by atoms with Crippen LogP contribution in [0.15, 0.2) is 30.3 Å². The zero-order chi connectivity index (χ0) is 9.54. The fourth-order valence-electron chi connectivity index (χ4n) is 2.78. The molecule has 3 rings (SSSR count). The van der Waals surface area contributed by atoms with Gasteiger partial charge in [0.15, 0.2) is 0 Å². The van der Waals surface area contributed by atoms with E-state index in [0.29, 0.717) is 12.5 Å². The van der Waals surface area contributed by atoms with Gasteiger partial charge in [-0.3, -0.25) is 0 Å². The summed E-state index contributed by atoms with van der Waals surface area (Å²) in [5.41, 5.74) is 1.50. The normalized spacial score (nSPS) is 39.5. The molecule has 1 nitrogen and oxygen atoms in total. The molecule has 2 aliphatic carbocycles. The molecule has 2 fully saturated rings. The zero-order valence-corrected chi connectivity index (χ0v) is 8.26. The summed E-state index contributed by atoms with van der Waals surface area (Å²) in [5.74, 6) is 3.16. The van der Waals surface area contributed by atoms with Crippen LogP contribution >= 0.6 is 0 Å². The highest BCUT2D eigenvalue weighted by Crippen LogP contribution is 2.61. The molecule has 0 unspecified atom stereocenters. The van der Waals surface area contributed by atoms with Crippen LogP contribution < -0.4 is 0 Å². The van der Waals surface area contributed by atoms with Crippen molar-refractivity contribution in [3.8, 4) is 0 Å². The molecular formula is C13H16O. The topological polar surface area (TPSA) is 20.2 Å². The largest absolute Gasteiger partial charge is 0.396 e. The highest BCUT2D eigenvalue weighted by Gasteiger charge is 2.53. The van der Waals surface area contributed by atoms with Gasteiger partial charge in [-0.25, -0.2) is 0 Å². The van der Waals surface area contributed by atoms with Crippen LogP contribution in [0.5, 0.6) is 0 Å². The third-order valence-corrected chi connectivity index (χ3v) is 3.83. The molecule has 4 atom stereocenters. The lowest BCUT2D eigenvalue weighted by Crippen LogP contribution is -1.92. The molecule has 0 heterocycles. The lowest BCUT2D eigenvalue weighted by Gasteiger charge is -1.98. The Hall–Kier alpha value is -0.820. The Morgan fingerprint density at radius 1 is 1.07 bits per heavy atom. The molecule has 0 saturated heterocycles. The van der Waals surface area contributed by atoms with Crippen molar-refractivity contribution < 1.29 is 5.11 Å². The standard InChI is InChI=1S/C13H16O/c14-8-10-6-11(10)13-7-12(13)9-4-2-1-3-5-9/h1-5,10-14H,6-8H2/t10-,11+,12-,13+/m0/s1. The van der Waals surface area contributed by atoms with Gasteiger partial charge in [0.2, 0.25) is 0 Å². The minimum Gasteiger partial charge on any atom is -0.396 e. The van der Waals surface area contributed by atoms with E-state index in [1.807, 2.05) is 0 Å². The van der Waals surface area contributed by atoms with Gasteiger partial charge < -0.3 is 5.11 Å². The summed E-state index contributed by atoms with van der Waals surface area (Å²) < 4.78 is 0. The van der Waals surface area contributed by atoms with E-state index in [0.717, 1.165) is 17.8 Å². The van der Waals surface area contributed by atoms with Crippen molar-refractivity contribution in [2.75, 3.05) is 6.61 Å². The first-order valence-corrected chi connectivity index (χ1v) is 5.56. The fourth-order valence-corrected chi connectivity index (χ4v) is 2.78. The van der Waals surface area contributed by atoms with E-state index in [1.54, 1.807) is 0 Å².